The number of ketones is 1. The van der Waals surface area contributed by atoms with E-state index >= 15 is 0 Å². The molecule has 3 nitrogen and oxygen atoms in total. The molecule has 0 aliphatic heterocycles. The number of rotatable bonds is 7. The van der Waals surface area contributed by atoms with Crippen molar-refractivity contribution in [3.05, 3.63) is 59.2 Å². The lowest BCUT2D eigenvalue weighted by Gasteiger charge is -2.12. The van der Waals surface area contributed by atoms with Crippen molar-refractivity contribution in [1.29, 1.82) is 0 Å². The molecule has 0 amide bonds. The number of ether oxygens (including phenoxy) is 1. The van der Waals surface area contributed by atoms with E-state index in [-0.39, 0.29) is 5.78 Å². The average Bonchev–Trinajstić information content (AvgIpc) is 2.59. The second-order valence-corrected chi connectivity index (χ2v) is 5.78. The average molecular weight is 316 g/mol. The highest BCUT2D eigenvalue weighted by atomic mass is 32.2. The van der Waals surface area contributed by atoms with Crippen LogP contribution >= 0.6 is 11.8 Å². The van der Waals surface area contributed by atoms with Crippen LogP contribution in [-0.2, 0) is 13.0 Å². The highest BCUT2D eigenvalue weighted by Crippen LogP contribution is 2.23. The summed E-state index contributed by atoms with van der Waals surface area (Å²) >= 11 is 1.70. The van der Waals surface area contributed by atoms with Crippen molar-refractivity contribution in [1.82, 2.24) is 0 Å². The number of carbonyl (C=O) groups is 1. The quantitative estimate of drug-likeness (QED) is 0.624. The number of thioether (sulfide) groups is 1. The van der Waals surface area contributed by atoms with Gasteiger partial charge in [0.05, 0.1) is 0 Å². The molecule has 0 bridgehead atoms. The van der Waals surface area contributed by atoms with Crippen molar-refractivity contribution in [3.63, 3.8) is 0 Å². The topological polar surface area (TPSA) is 46.5 Å². The van der Waals surface area contributed by atoms with E-state index in [2.05, 4.69) is 12.1 Å². The second kappa shape index (κ2) is 8.01. The van der Waals surface area contributed by atoms with Crippen LogP contribution in [0.15, 0.2) is 47.4 Å². The largest absolute Gasteiger partial charge is 0.489 e. The molecule has 1 N–H and O–H groups in total. The molecule has 22 heavy (non-hydrogen) atoms. The third kappa shape index (κ3) is 4.12. The first-order chi connectivity index (χ1) is 10.7. The maximum Gasteiger partial charge on any atom is 0.188 e. The first-order valence-electron chi connectivity index (χ1n) is 7.20. The van der Waals surface area contributed by atoms with Crippen molar-refractivity contribution >= 4 is 17.5 Å². The first kappa shape index (κ1) is 16.6. The summed E-state index contributed by atoms with van der Waals surface area (Å²) in [5.41, 5.74) is 2.61. The minimum atomic E-state index is -0.467. The lowest BCUT2D eigenvalue weighted by atomic mass is 10.0. The molecule has 0 atom stereocenters. The highest BCUT2D eigenvalue weighted by Gasteiger charge is 2.09. The summed E-state index contributed by atoms with van der Waals surface area (Å²) in [5.74, 6) is 0.514. The molecule has 116 valence electrons. The number of carbonyl (C=O) groups excluding carboxylic acids is 1. The smallest absolute Gasteiger partial charge is 0.188 e. The summed E-state index contributed by atoms with van der Waals surface area (Å²) < 4.78 is 5.90. The van der Waals surface area contributed by atoms with Gasteiger partial charge in [-0.2, -0.15) is 0 Å². The summed E-state index contributed by atoms with van der Waals surface area (Å²) in [6.45, 7) is 2.04. The van der Waals surface area contributed by atoms with Crippen molar-refractivity contribution in [2.24, 2.45) is 0 Å². The van der Waals surface area contributed by atoms with Crippen LogP contribution in [0.3, 0.4) is 0 Å². The van der Waals surface area contributed by atoms with Gasteiger partial charge in [0.2, 0.25) is 0 Å². The summed E-state index contributed by atoms with van der Waals surface area (Å²) in [7, 11) is 0. The van der Waals surface area contributed by atoms with E-state index in [9.17, 15) is 4.79 Å². The van der Waals surface area contributed by atoms with Gasteiger partial charge in [-0.05, 0) is 54.1 Å². The number of hydrogen-bond donors (Lipinski definition) is 1. The predicted molar refractivity (Wildman–Crippen MR) is 89.8 cm³/mol. The van der Waals surface area contributed by atoms with Crippen molar-refractivity contribution in [3.8, 4) is 5.75 Å². The number of aliphatic hydroxyl groups excluding tert-OH is 1. The van der Waals surface area contributed by atoms with Gasteiger partial charge in [0.15, 0.2) is 5.78 Å². The van der Waals surface area contributed by atoms with Gasteiger partial charge < -0.3 is 9.84 Å². The Hall–Kier alpha value is -1.78. The zero-order valence-corrected chi connectivity index (χ0v) is 13.7. The van der Waals surface area contributed by atoms with Crippen LogP contribution in [-0.4, -0.2) is 23.8 Å². The highest BCUT2D eigenvalue weighted by molar-refractivity contribution is 7.98. The third-order valence-electron chi connectivity index (χ3n) is 3.44. The summed E-state index contributed by atoms with van der Waals surface area (Å²) in [6, 6.07) is 13.5. The Bertz CT molecular complexity index is 653. The molecule has 0 unspecified atom stereocenters. The van der Waals surface area contributed by atoms with Crippen LogP contribution in [0.25, 0.3) is 0 Å². The molecular formula is C18H20O3S. The maximum atomic E-state index is 11.5. The van der Waals surface area contributed by atoms with Crippen LogP contribution in [0.1, 0.15) is 28.4 Å². The molecule has 0 saturated carbocycles. The van der Waals surface area contributed by atoms with E-state index in [1.807, 2.05) is 25.3 Å². The molecule has 0 spiro atoms. The van der Waals surface area contributed by atoms with Gasteiger partial charge in [-0.1, -0.05) is 19.1 Å². The zero-order valence-electron chi connectivity index (χ0n) is 12.8. The fourth-order valence-electron chi connectivity index (χ4n) is 2.18. The zero-order chi connectivity index (χ0) is 15.9. The van der Waals surface area contributed by atoms with Crippen LogP contribution in [0.4, 0.5) is 0 Å². The second-order valence-electron chi connectivity index (χ2n) is 4.90. The molecule has 0 fully saturated rings. The van der Waals surface area contributed by atoms with Crippen LogP contribution in [0.5, 0.6) is 5.75 Å². The van der Waals surface area contributed by atoms with E-state index in [1.165, 1.54) is 4.90 Å². The fraction of sp³-hybridized carbons (Fsp3) is 0.278. The van der Waals surface area contributed by atoms with E-state index in [0.29, 0.717) is 12.2 Å². The third-order valence-corrected chi connectivity index (χ3v) is 4.16. The Morgan fingerprint density at radius 1 is 1.23 bits per heavy atom. The SMILES string of the molecule is CCc1cc(C(=O)CO)ccc1OCc1cccc(SC)c1. The number of aliphatic hydroxyl groups is 1. The van der Waals surface area contributed by atoms with Crippen LogP contribution in [0, 0.1) is 0 Å². The lowest BCUT2D eigenvalue weighted by Crippen LogP contribution is -2.06. The van der Waals surface area contributed by atoms with E-state index in [0.717, 1.165) is 23.3 Å². The van der Waals surface area contributed by atoms with E-state index < -0.39 is 6.61 Å². The number of hydrogen-bond acceptors (Lipinski definition) is 4. The van der Waals surface area contributed by atoms with E-state index in [1.54, 1.807) is 30.0 Å². The Balaban J connectivity index is 2.13. The Morgan fingerprint density at radius 2 is 2.05 bits per heavy atom. The van der Waals surface area contributed by atoms with Gasteiger partial charge in [0.25, 0.3) is 0 Å². The molecule has 0 radical (unpaired) electrons. The number of aryl methyl sites for hydroxylation is 1. The number of Topliss-reactive ketones (excluding diaryl/α,β-unsaturated/α-hetero) is 1. The normalized spacial score (nSPS) is 10.5. The molecule has 2 rings (SSSR count). The lowest BCUT2D eigenvalue weighted by molar-refractivity contribution is 0.0903. The molecule has 2 aromatic rings. The maximum absolute atomic E-state index is 11.5. The molecule has 2 aromatic carbocycles. The molecule has 4 heteroatoms. The summed E-state index contributed by atoms with van der Waals surface area (Å²) in [5, 5.41) is 8.94. The van der Waals surface area contributed by atoms with Gasteiger partial charge in [0, 0.05) is 10.5 Å². The number of benzene rings is 2. The monoisotopic (exact) mass is 316 g/mol. The van der Waals surface area contributed by atoms with Gasteiger partial charge >= 0.3 is 0 Å². The van der Waals surface area contributed by atoms with Crippen LogP contribution < -0.4 is 4.74 Å². The van der Waals surface area contributed by atoms with Gasteiger partial charge in [-0.3, -0.25) is 4.79 Å². The van der Waals surface area contributed by atoms with Gasteiger partial charge in [0.1, 0.15) is 19.0 Å². The van der Waals surface area contributed by atoms with Crippen molar-refractivity contribution < 1.29 is 14.6 Å². The molecule has 0 aromatic heterocycles. The minimum absolute atomic E-state index is 0.270. The first-order valence-corrected chi connectivity index (χ1v) is 8.43. The fourth-order valence-corrected chi connectivity index (χ4v) is 2.67. The van der Waals surface area contributed by atoms with Crippen molar-refractivity contribution in [2.45, 2.75) is 24.8 Å². The summed E-state index contributed by atoms with van der Waals surface area (Å²) in [4.78, 5) is 12.8. The van der Waals surface area contributed by atoms with Crippen LogP contribution in [0.2, 0.25) is 0 Å². The predicted octanol–water partition coefficient (Wildman–Crippen LogP) is 3.72. The summed E-state index contributed by atoms with van der Waals surface area (Å²) in [6.07, 6.45) is 2.82. The molecule has 0 saturated heterocycles. The Kier molecular flexibility index (Phi) is 6.04. The van der Waals surface area contributed by atoms with Gasteiger partial charge in [-0.25, -0.2) is 0 Å². The van der Waals surface area contributed by atoms with E-state index in [4.69, 9.17) is 9.84 Å². The Morgan fingerprint density at radius 3 is 2.73 bits per heavy atom. The molecule has 0 aliphatic rings. The Labute approximate surface area is 135 Å². The molecule has 0 heterocycles. The minimum Gasteiger partial charge on any atom is -0.489 e. The molecule has 0 aliphatic carbocycles. The standard InChI is InChI=1S/C18H20O3S/c1-3-14-10-15(17(20)11-19)7-8-18(14)21-12-13-5-4-6-16(9-13)22-2/h4-10,19H,3,11-12H2,1-2H3. The molecular weight excluding hydrogens is 296 g/mol. The van der Waals surface area contributed by atoms with Crippen molar-refractivity contribution in [2.75, 3.05) is 12.9 Å². The van der Waals surface area contributed by atoms with Gasteiger partial charge in [-0.15, -0.1) is 11.8 Å².